The van der Waals surface area contributed by atoms with E-state index in [0.717, 1.165) is 11.3 Å². The highest BCUT2D eigenvalue weighted by Gasteiger charge is 2.45. The van der Waals surface area contributed by atoms with Crippen LogP contribution in [0.1, 0.15) is 57.4 Å². The van der Waals surface area contributed by atoms with E-state index in [1.54, 1.807) is 0 Å². The molecule has 0 spiro atoms. The van der Waals surface area contributed by atoms with Gasteiger partial charge in [-0.3, -0.25) is 0 Å². The van der Waals surface area contributed by atoms with Crippen LogP contribution in [0.3, 0.4) is 0 Å². The van der Waals surface area contributed by atoms with Gasteiger partial charge in [-0.1, -0.05) is 73.9 Å². The largest absolute Gasteiger partial charge is 0.328 e. The molecule has 2 atom stereocenters. The molecule has 0 N–H and O–H groups in total. The zero-order valence-electron chi connectivity index (χ0n) is 17.9. The third-order valence-electron chi connectivity index (χ3n) is 6.70. The summed E-state index contributed by atoms with van der Waals surface area (Å²) in [7, 11) is 0. The Morgan fingerprint density at radius 1 is 0.893 bits per heavy atom. The monoisotopic (exact) mass is 371 g/mol. The van der Waals surface area contributed by atoms with Crippen molar-refractivity contribution in [1.29, 1.82) is 0 Å². The third-order valence-corrected chi connectivity index (χ3v) is 6.70. The number of anilines is 1. The van der Waals surface area contributed by atoms with Crippen LogP contribution < -0.4 is 4.90 Å². The van der Waals surface area contributed by atoms with Crippen LogP contribution in [-0.4, -0.2) is 11.1 Å². The Bertz CT molecular complexity index is 958. The number of rotatable bonds is 3. The van der Waals surface area contributed by atoms with Gasteiger partial charge in [-0.2, -0.15) is 0 Å². The molecule has 2 nitrogen and oxygen atoms in total. The van der Waals surface area contributed by atoms with Gasteiger partial charge in [0.2, 0.25) is 0 Å². The molecule has 144 valence electrons. The van der Waals surface area contributed by atoms with Gasteiger partial charge in [-0.05, 0) is 49.8 Å². The Hall–Kier alpha value is -2.48. The molecule has 0 bridgehead atoms. The fourth-order valence-corrected chi connectivity index (χ4v) is 5.36. The summed E-state index contributed by atoms with van der Waals surface area (Å²) < 4.78 is 9.48. The maximum absolute atomic E-state index is 9.48. The first-order valence-corrected chi connectivity index (χ1v) is 10.7. The van der Waals surface area contributed by atoms with E-state index in [1.165, 1.54) is 49.1 Å². The van der Waals surface area contributed by atoms with Gasteiger partial charge in [0.1, 0.15) is 6.17 Å². The fraction of sp³-hybridized carbons (Fsp3) is 0.385. The number of aryl methyl sites for hydroxylation is 1. The fourth-order valence-electron chi connectivity index (χ4n) is 5.36. The molecule has 2 aromatic rings. The van der Waals surface area contributed by atoms with Crippen molar-refractivity contribution in [2.75, 3.05) is 4.90 Å². The maximum Gasteiger partial charge on any atom is 0.113 e. The second kappa shape index (κ2) is 7.16. The minimum Gasteiger partial charge on any atom is -0.328 e. The molecule has 1 aliphatic carbocycles. The minimum absolute atomic E-state index is 0.276. The average molecular weight is 372 g/mol. The van der Waals surface area contributed by atoms with Crippen molar-refractivity contribution in [2.24, 2.45) is 5.92 Å². The maximum atomic E-state index is 9.48. The van der Waals surface area contributed by atoms with Crippen molar-refractivity contribution in [3.05, 3.63) is 89.4 Å². The van der Waals surface area contributed by atoms with Crippen LogP contribution in [0.4, 0.5) is 5.69 Å². The second-order valence-corrected chi connectivity index (χ2v) is 8.40. The van der Waals surface area contributed by atoms with Crippen LogP contribution in [0.2, 0.25) is 0 Å². The summed E-state index contributed by atoms with van der Waals surface area (Å²) in [6, 6.07) is 19.0. The van der Waals surface area contributed by atoms with Crippen LogP contribution in [-0.2, 0) is 0 Å². The topological polar surface area (TPSA) is 6.48 Å². The van der Waals surface area contributed by atoms with Gasteiger partial charge in [0.05, 0.1) is 5.70 Å². The highest BCUT2D eigenvalue weighted by Crippen LogP contribution is 2.49. The van der Waals surface area contributed by atoms with E-state index in [-0.39, 0.29) is 6.17 Å². The Morgan fingerprint density at radius 3 is 2.36 bits per heavy atom. The van der Waals surface area contributed by atoms with Crippen LogP contribution in [0.25, 0.3) is 0 Å². The van der Waals surface area contributed by atoms with Crippen molar-refractivity contribution in [2.45, 2.75) is 58.0 Å². The lowest BCUT2D eigenvalue weighted by atomic mass is 9.86. The first-order chi connectivity index (χ1) is 14.1. The van der Waals surface area contributed by atoms with Crippen LogP contribution in [0.5, 0.6) is 0 Å². The SMILES string of the molecule is [2H]C1(c2ccccc2)C=CN2C1=C(C)N(c1ccccc1C)C2C1CCCCC1. The van der Waals surface area contributed by atoms with Gasteiger partial charge in [0.25, 0.3) is 0 Å². The molecule has 1 fully saturated rings. The molecule has 0 amide bonds. The number of benzene rings is 2. The summed E-state index contributed by atoms with van der Waals surface area (Å²) in [5.41, 5.74) is 5.98. The summed E-state index contributed by atoms with van der Waals surface area (Å²) in [6.07, 6.45) is 11.1. The number of nitrogens with zero attached hydrogens (tertiary/aromatic N) is 2. The summed E-state index contributed by atoms with van der Waals surface area (Å²) in [4.78, 5) is 4.97. The smallest absolute Gasteiger partial charge is 0.113 e. The normalized spacial score (nSPS) is 28.1. The number of hydrogen-bond acceptors (Lipinski definition) is 2. The van der Waals surface area contributed by atoms with Crippen LogP contribution in [0.15, 0.2) is 78.3 Å². The average Bonchev–Trinajstić information content (AvgIpc) is 3.26. The lowest BCUT2D eigenvalue weighted by Crippen LogP contribution is -2.44. The molecular formula is C26H30N2. The number of para-hydroxylation sites is 1. The molecule has 28 heavy (non-hydrogen) atoms. The van der Waals surface area contributed by atoms with Crippen molar-refractivity contribution in [3.63, 3.8) is 0 Å². The van der Waals surface area contributed by atoms with E-state index in [2.05, 4.69) is 72.3 Å². The molecule has 2 heterocycles. The summed E-state index contributed by atoms with van der Waals surface area (Å²) in [5, 5.41) is 0. The van der Waals surface area contributed by atoms with Crippen molar-refractivity contribution < 1.29 is 1.37 Å². The standard InChI is InChI=1S/C26H30N2/c1-19-11-9-10-16-24(19)28-20(2)25-23(21-12-5-3-6-13-21)17-18-27(25)26(28)22-14-7-4-8-15-22/h3,5-6,9-13,16-18,22-23,26H,4,7-8,14-15H2,1-2H3/i23D. The lowest BCUT2D eigenvalue weighted by molar-refractivity contribution is 0.213. The molecular weight excluding hydrogens is 340 g/mol. The van der Waals surface area contributed by atoms with Crippen molar-refractivity contribution in [3.8, 4) is 0 Å². The van der Waals surface area contributed by atoms with Crippen LogP contribution >= 0.6 is 0 Å². The zero-order chi connectivity index (χ0) is 20.0. The van der Waals surface area contributed by atoms with E-state index in [9.17, 15) is 1.37 Å². The molecule has 1 saturated carbocycles. The van der Waals surface area contributed by atoms with E-state index in [1.807, 2.05) is 18.2 Å². The van der Waals surface area contributed by atoms with Gasteiger partial charge >= 0.3 is 0 Å². The highest BCUT2D eigenvalue weighted by molar-refractivity contribution is 5.63. The number of hydrogen-bond donors (Lipinski definition) is 0. The quantitative estimate of drug-likeness (QED) is 0.602. The van der Waals surface area contributed by atoms with Crippen molar-refractivity contribution in [1.82, 2.24) is 4.90 Å². The zero-order valence-corrected chi connectivity index (χ0v) is 16.9. The molecule has 5 rings (SSSR count). The minimum atomic E-state index is -0.824. The molecule has 3 aliphatic rings. The lowest BCUT2D eigenvalue weighted by Gasteiger charge is -2.40. The van der Waals surface area contributed by atoms with Gasteiger partial charge in [-0.15, -0.1) is 0 Å². The Labute approximate surface area is 170 Å². The van der Waals surface area contributed by atoms with E-state index >= 15 is 0 Å². The molecule has 2 heteroatoms. The predicted octanol–water partition coefficient (Wildman–Crippen LogP) is 6.57. The highest BCUT2D eigenvalue weighted by atomic mass is 15.4. The van der Waals surface area contributed by atoms with E-state index in [0.29, 0.717) is 5.92 Å². The molecule has 0 aromatic heterocycles. The molecule has 0 saturated heterocycles. The second-order valence-electron chi connectivity index (χ2n) is 8.40. The molecule has 2 aliphatic heterocycles. The first-order valence-electron chi connectivity index (χ1n) is 11.2. The molecule has 2 unspecified atom stereocenters. The summed E-state index contributed by atoms with van der Waals surface area (Å²) >= 11 is 0. The van der Waals surface area contributed by atoms with E-state index < -0.39 is 5.89 Å². The summed E-state index contributed by atoms with van der Waals surface area (Å²) in [6.45, 7) is 4.42. The molecule has 0 radical (unpaired) electrons. The number of fused-ring (bicyclic) bond motifs is 1. The van der Waals surface area contributed by atoms with Gasteiger partial charge in [-0.25, -0.2) is 0 Å². The third kappa shape index (κ3) is 2.78. The Balaban J connectivity index is 1.65. The number of allylic oxidation sites excluding steroid dienone is 2. The van der Waals surface area contributed by atoms with Gasteiger partial charge in [0, 0.05) is 24.8 Å². The predicted molar refractivity (Wildman–Crippen MR) is 117 cm³/mol. The molecule has 2 aromatic carbocycles. The summed E-state index contributed by atoms with van der Waals surface area (Å²) in [5.74, 6) is -0.200. The Kier molecular flexibility index (Phi) is 4.21. The van der Waals surface area contributed by atoms with Crippen LogP contribution in [0, 0.1) is 12.8 Å². The van der Waals surface area contributed by atoms with Gasteiger partial charge < -0.3 is 9.80 Å². The first kappa shape index (κ1) is 16.5. The van der Waals surface area contributed by atoms with E-state index in [4.69, 9.17) is 0 Å². The van der Waals surface area contributed by atoms with Crippen molar-refractivity contribution >= 4 is 5.69 Å². The van der Waals surface area contributed by atoms with Gasteiger partial charge in [0.15, 0.2) is 0 Å². The Morgan fingerprint density at radius 2 is 1.61 bits per heavy atom.